The number of carboxylic acid groups (broad SMARTS) is 1. The summed E-state index contributed by atoms with van der Waals surface area (Å²) in [7, 11) is 0. The van der Waals surface area contributed by atoms with Crippen molar-refractivity contribution < 1.29 is 19.7 Å². The van der Waals surface area contributed by atoms with Crippen molar-refractivity contribution in [2.75, 3.05) is 18.5 Å². The summed E-state index contributed by atoms with van der Waals surface area (Å²) in [6.45, 7) is 0.542. The number of aliphatic hydroxyl groups is 1. The first-order valence-corrected chi connectivity index (χ1v) is 5.08. The molecule has 0 amide bonds. The number of benzene rings is 1. The number of aliphatic hydroxyl groups excluding tert-OH is 1. The smallest absolute Gasteiger partial charge is 0.335 e. The summed E-state index contributed by atoms with van der Waals surface area (Å²) in [4.78, 5) is 10.7. The monoisotopic (exact) mass is 223 g/mol. The van der Waals surface area contributed by atoms with Gasteiger partial charge in [-0.05, 0) is 24.6 Å². The van der Waals surface area contributed by atoms with E-state index in [9.17, 15) is 4.79 Å². The fourth-order valence-corrected chi connectivity index (χ4v) is 1.66. The van der Waals surface area contributed by atoms with Crippen LogP contribution in [0, 0.1) is 0 Å². The van der Waals surface area contributed by atoms with Crippen LogP contribution < -0.4 is 10.1 Å². The van der Waals surface area contributed by atoms with Crippen LogP contribution in [0.1, 0.15) is 16.8 Å². The van der Waals surface area contributed by atoms with E-state index in [-0.39, 0.29) is 18.2 Å². The molecule has 0 fully saturated rings. The molecule has 3 N–H and O–H groups in total. The highest BCUT2D eigenvalue weighted by molar-refractivity contribution is 5.89. The lowest BCUT2D eigenvalue weighted by Gasteiger charge is -2.27. The molecule has 1 aromatic rings. The van der Waals surface area contributed by atoms with E-state index < -0.39 is 5.97 Å². The van der Waals surface area contributed by atoms with E-state index in [1.54, 1.807) is 6.07 Å². The van der Waals surface area contributed by atoms with Crippen molar-refractivity contribution in [1.29, 1.82) is 0 Å². The van der Waals surface area contributed by atoms with E-state index in [0.29, 0.717) is 18.8 Å². The Morgan fingerprint density at radius 3 is 3.06 bits per heavy atom. The van der Waals surface area contributed by atoms with Crippen LogP contribution in [-0.2, 0) is 0 Å². The molecule has 1 aliphatic heterocycles. The van der Waals surface area contributed by atoms with E-state index in [2.05, 4.69) is 5.32 Å². The average Bonchev–Trinajstić information content (AvgIpc) is 2.28. The maximum absolute atomic E-state index is 10.7. The molecule has 1 heterocycles. The third-order valence-corrected chi connectivity index (χ3v) is 2.51. The molecule has 1 atom stereocenters. The minimum Gasteiger partial charge on any atom is -0.489 e. The van der Waals surface area contributed by atoms with Crippen molar-refractivity contribution in [2.45, 2.75) is 12.5 Å². The number of carboxylic acids is 1. The molecular formula is C11H13NO4. The second-order valence-corrected chi connectivity index (χ2v) is 3.68. The van der Waals surface area contributed by atoms with Crippen molar-refractivity contribution in [3.05, 3.63) is 23.8 Å². The van der Waals surface area contributed by atoms with Gasteiger partial charge in [-0.1, -0.05) is 0 Å². The lowest BCUT2D eigenvalue weighted by atomic mass is 10.1. The molecule has 0 bridgehead atoms. The SMILES string of the molecule is O=C(O)c1ccc2c(c1)OCC(CCO)N2. The van der Waals surface area contributed by atoms with Crippen molar-refractivity contribution in [2.24, 2.45) is 0 Å². The molecule has 0 saturated heterocycles. The van der Waals surface area contributed by atoms with Crippen LogP contribution in [0.15, 0.2) is 18.2 Å². The number of hydrogen-bond donors (Lipinski definition) is 3. The topological polar surface area (TPSA) is 78.8 Å². The number of aromatic carboxylic acids is 1. The summed E-state index contributed by atoms with van der Waals surface area (Å²) in [6.07, 6.45) is 0.611. The third-order valence-electron chi connectivity index (χ3n) is 2.51. The van der Waals surface area contributed by atoms with Crippen LogP contribution >= 0.6 is 0 Å². The number of anilines is 1. The Morgan fingerprint density at radius 2 is 2.38 bits per heavy atom. The molecule has 5 heteroatoms. The minimum absolute atomic E-state index is 0.0770. The fourth-order valence-electron chi connectivity index (χ4n) is 1.66. The Kier molecular flexibility index (Phi) is 2.96. The summed E-state index contributed by atoms with van der Waals surface area (Å²) in [5, 5.41) is 20.8. The predicted molar refractivity (Wildman–Crippen MR) is 58.0 cm³/mol. The van der Waals surface area contributed by atoms with Gasteiger partial charge >= 0.3 is 5.97 Å². The first kappa shape index (κ1) is 10.8. The maximum atomic E-state index is 10.7. The Labute approximate surface area is 92.7 Å². The Hall–Kier alpha value is -1.75. The average molecular weight is 223 g/mol. The summed E-state index contributed by atoms with van der Waals surface area (Å²) in [5.74, 6) is -0.419. The summed E-state index contributed by atoms with van der Waals surface area (Å²) >= 11 is 0. The number of carbonyl (C=O) groups is 1. The van der Waals surface area contributed by atoms with Crippen molar-refractivity contribution in [3.63, 3.8) is 0 Å². The summed E-state index contributed by atoms with van der Waals surface area (Å²) in [5.41, 5.74) is 0.982. The third kappa shape index (κ3) is 2.09. The van der Waals surface area contributed by atoms with Crippen LogP contribution in [0.5, 0.6) is 5.75 Å². The highest BCUT2D eigenvalue weighted by Crippen LogP contribution is 2.30. The van der Waals surface area contributed by atoms with Crippen LogP contribution in [0.3, 0.4) is 0 Å². The largest absolute Gasteiger partial charge is 0.489 e. The normalized spacial score (nSPS) is 18.2. The quantitative estimate of drug-likeness (QED) is 0.710. The Bertz CT molecular complexity index is 405. The fraction of sp³-hybridized carbons (Fsp3) is 0.364. The van der Waals surface area contributed by atoms with Crippen LogP contribution in [0.2, 0.25) is 0 Å². The molecule has 1 aromatic carbocycles. The second-order valence-electron chi connectivity index (χ2n) is 3.68. The van der Waals surface area contributed by atoms with E-state index in [1.165, 1.54) is 12.1 Å². The molecule has 1 unspecified atom stereocenters. The second kappa shape index (κ2) is 4.40. The molecule has 86 valence electrons. The van der Waals surface area contributed by atoms with E-state index in [4.69, 9.17) is 14.9 Å². The maximum Gasteiger partial charge on any atom is 0.335 e. The van der Waals surface area contributed by atoms with Gasteiger partial charge in [-0.15, -0.1) is 0 Å². The lowest BCUT2D eigenvalue weighted by molar-refractivity contribution is 0.0696. The molecule has 0 spiro atoms. The summed E-state index contributed by atoms with van der Waals surface area (Å²) < 4.78 is 5.44. The molecule has 0 aliphatic carbocycles. The van der Waals surface area contributed by atoms with Crippen molar-refractivity contribution >= 4 is 11.7 Å². The molecule has 0 aromatic heterocycles. The first-order chi connectivity index (χ1) is 7.70. The highest BCUT2D eigenvalue weighted by Gasteiger charge is 2.19. The first-order valence-electron chi connectivity index (χ1n) is 5.08. The van der Waals surface area contributed by atoms with Gasteiger partial charge < -0.3 is 20.3 Å². The molecule has 1 aliphatic rings. The number of rotatable bonds is 3. The van der Waals surface area contributed by atoms with E-state index >= 15 is 0 Å². The zero-order valence-electron chi connectivity index (χ0n) is 8.64. The molecule has 16 heavy (non-hydrogen) atoms. The highest BCUT2D eigenvalue weighted by atomic mass is 16.5. The Morgan fingerprint density at radius 1 is 1.56 bits per heavy atom. The van der Waals surface area contributed by atoms with Crippen LogP contribution in [0.25, 0.3) is 0 Å². The van der Waals surface area contributed by atoms with Gasteiger partial charge in [0.05, 0.1) is 17.3 Å². The van der Waals surface area contributed by atoms with Gasteiger partial charge in [-0.3, -0.25) is 0 Å². The van der Waals surface area contributed by atoms with Gasteiger partial charge in [0.15, 0.2) is 0 Å². The molecular weight excluding hydrogens is 210 g/mol. The predicted octanol–water partition coefficient (Wildman–Crippen LogP) is 0.940. The van der Waals surface area contributed by atoms with Gasteiger partial charge in [0.2, 0.25) is 0 Å². The number of nitrogens with one attached hydrogen (secondary N) is 1. The zero-order chi connectivity index (χ0) is 11.5. The number of fused-ring (bicyclic) bond motifs is 1. The van der Waals surface area contributed by atoms with E-state index in [0.717, 1.165) is 5.69 Å². The minimum atomic E-state index is -0.969. The Balaban J connectivity index is 2.19. The molecule has 2 rings (SSSR count). The van der Waals surface area contributed by atoms with Crippen molar-refractivity contribution in [3.8, 4) is 5.75 Å². The van der Waals surface area contributed by atoms with Gasteiger partial charge in [-0.25, -0.2) is 4.79 Å². The van der Waals surface area contributed by atoms with Crippen LogP contribution in [0.4, 0.5) is 5.69 Å². The van der Waals surface area contributed by atoms with Gasteiger partial charge in [-0.2, -0.15) is 0 Å². The van der Waals surface area contributed by atoms with Gasteiger partial charge in [0.1, 0.15) is 12.4 Å². The number of hydrogen-bond acceptors (Lipinski definition) is 4. The molecule has 5 nitrogen and oxygen atoms in total. The standard InChI is InChI=1S/C11H13NO4/c13-4-3-8-6-16-10-5-7(11(14)15)1-2-9(10)12-8/h1-2,5,8,12-13H,3-4,6H2,(H,14,15). The van der Waals surface area contributed by atoms with Crippen molar-refractivity contribution in [1.82, 2.24) is 0 Å². The lowest BCUT2D eigenvalue weighted by Crippen LogP contribution is -2.32. The van der Waals surface area contributed by atoms with Gasteiger partial charge in [0.25, 0.3) is 0 Å². The molecule has 0 radical (unpaired) electrons. The molecule has 0 saturated carbocycles. The summed E-state index contributed by atoms with van der Waals surface area (Å²) in [6, 6.07) is 4.79. The number of ether oxygens (including phenoxy) is 1. The van der Waals surface area contributed by atoms with E-state index in [1.807, 2.05) is 0 Å². The zero-order valence-corrected chi connectivity index (χ0v) is 8.64. The van der Waals surface area contributed by atoms with Gasteiger partial charge in [0, 0.05) is 6.61 Å². The van der Waals surface area contributed by atoms with Crippen LogP contribution in [-0.4, -0.2) is 35.4 Å².